The lowest BCUT2D eigenvalue weighted by molar-refractivity contribution is 1.48. The molecule has 0 aliphatic heterocycles. The van der Waals surface area contributed by atoms with Crippen LogP contribution in [0.5, 0.6) is 0 Å². The summed E-state index contributed by atoms with van der Waals surface area (Å²) in [5.74, 6) is 0. The van der Waals surface area contributed by atoms with Crippen LogP contribution in [0.2, 0.25) is 0 Å². The third-order valence-corrected chi connectivity index (χ3v) is 7.03. The summed E-state index contributed by atoms with van der Waals surface area (Å²) in [6.45, 7) is 0. The Morgan fingerprint density at radius 1 is 0.412 bits per heavy atom. The molecule has 7 rings (SSSR count). The molecule has 34 heavy (non-hydrogen) atoms. The first-order valence-corrected chi connectivity index (χ1v) is 11.5. The van der Waals surface area contributed by atoms with Crippen molar-refractivity contribution in [2.45, 2.75) is 0 Å². The molecule has 0 bridgehead atoms. The molecule has 0 saturated heterocycles. The van der Waals surface area contributed by atoms with E-state index in [0.717, 1.165) is 11.1 Å². The Morgan fingerprint density at radius 2 is 0.971 bits per heavy atom. The van der Waals surface area contributed by atoms with E-state index in [1.807, 2.05) is 24.3 Å². The molecule has 0 amide bonds. The van der Waals surface area contributed by atoms with Crippen molar-refractivity contribution in [3.63, 3.8) is 0 Å². The molecule has 0 heterocycles. The Kier molecular flexibility index (Phi) is 3.98. The fourth-order valence-corrected chi connectivity index (χ4v) is 5.31. The van der Waals surface area contributed by atoms with Crippen LogP contribution in [0.25, 0.3) is 66.1 Å². The lowest BCUT2D eigenvalue weighted by Crippen LogP contribution is -1.84. The predicted molar refractivity (Wildman–Crippen MR) is 141 cm³/mol. The van der Waals surface area contributed by atoms with E-state index in [0.29, 0.717) is 5.56 Å². The van der Waals surface area contributed by atoms with Gasteiger partial charge in [-0.25, -0.2) is 0 Å². The summed E-state index contributed by atoms with van der Waals surface area (Å²) in [5, 5.41) is 14.1. The highest BCUT2D eigenvalue weighted by Crippen LogP contribution is 2.48. The lowest BCUT2D eigenvalue weighted by Gasteiger charge is -2.09. The summed E-state index contributed by atoms with van der Waals surface area (Å²) in [5.41, 5.74) is 10.7. The Bertz CT molecular complexity index is 1790. The van der Waals surface area contributed by atoms with Crippen molar-refractivity contribution in [3.8, 4) is 50.6 Å². The largest absolute Gasteiger partial charge is 0.192 e. The van der Waals surface area contributed by atoms with Gasteiger partial charge in [0.1, 0.15) is 0 Å². The Hall–Kier alpha value is -4.67. The molecule has 6 aromatic carbocycles. The van der Waals surface area contributed by atoms with Gasteiger partial charge in [-0.2, -0.15) is 5.26 Å². The van der Waals surface area contributed by atoms with Gasteiger partial charge >= 0.3 is 0 Å². The minimum atomic E-state index is 0.683. The third kappa shape index (κ3) is 2.80. The van der Waals surface area contributed by atoms with Gasteiger partial charge in [0.25, 0.3) is 0 Å². The molecule has 0 fully saturated rings. The average molecular weight is 430 g/mol. The van der Waals surface area contributed by atoms with Gasteiger partial charge in [-0.1, -0.05) is 84.9 Å². The molecule has 0 aromatic heterocycles. The van der Waals surface area contributed by atoms with Crippen molar-refractivity contribution in [2.75, 3.05) is 0 Å². The van der Waals surface area contributed by atoms with Crippen molar-refractivity contribution in [3.05, 3.63) is 121 Å². The van der Waals surface area contributed by atoms with Crippen LogP contribution in [-0.2, 0) is 0 Å². The molecule has 0 unspecified atom stereocenters. The zero-order chi connectivity index (χ0) is 22.6. The second-order valence-electron chi connectivity index (χ2n) is 8.94. The fourth-order valence-electron chi connectivity index (χ4n) is 5.31. The van der Waals surface area contributed by atoms with Crippen molar-refractivity contribution in [2.24, 2.45) is 0 Å². The van der Waals surface area contributed by atoms with Gasteiger partial charge in [-0.15, -0.1) is 0 Å². The van der Waals surface area contributed by atoms with Crippen LogP contribution in [0.3, 0.4) is 0 Å². The Morgan fingerprint density at radius 3 is 1.65 bits per heavy atom. The monoisotopic (exact) mass is 429 g/mol. The molecule has 0 saturated carbocycles. The maximum Gasteiger partial charge on any atom is 0.0991 e. The van der Waals surface area contributed by atoms with Crippen LogP contribution in [0.15, 0.2) is 115 Å². The molecular weight excluding hydrogens is 410 g/mol. The zero-order valence-corrected chi connectivity index (χ0v) is 18.4. The van der Waals surface area contributed by atoms with Gasteiger partial charge in [0.2, 0.25) is 0 Å². The lowest BCUT2D eigenvalue weighted by atomic mass is 9.95. The van der Waals surface area contributed by atoms with E-state index in [9.17, 15) is 0 Å². The van der Waals surface area contributed by atoms with E-state index in [1.165, 1.54) is 54.9 Å². The smallest absolute Gasteiger partial charge is 0.0991 e. The summed E-state index contributed by atoms with van der Waals surface area (Å²) >= 11 is 0. The van der Waals surface area contributed by atoms with Gasteiger partial charge < -0.3 is 0 Å². The Labute approximate surface area is 198 Å². The van der Waals surface area contributed by atoms with Crippen LogP contribution >= 0.6 is 0 Å². The minimum Gasteiger partial charge on any atom is -0.192 e. The number of benzene rings is 6. The molecule has 1 nitrogen and oxygen atoms in total. The first-order valence-electron chi connectivity index (χ1n) is 11.5. The second kappa shape index (κ2) is 7.17. The Balaban J connectivity index is 1.30. The number of nitrogens with zero attached hydrogens (tertiary/aromatic N) is 1. The van der Waals surface area contributed by atoms with Gasteiger partial charge in [0, 0.05) is 0 Å². The summed E-state index contributed by atoms with van der Waals surface area (Å²) in [7, 11) is 0. The number of fused-ring (bicyclic) bond motifs is 4. The van der Waals surface area contributed by atoms with Gasteiger partial charge in [-0.3, -0.25) is 0 Å². The molecule has 156 valence electrons. The minimum absolute atomic E-state index is 0.683. The summed E-state index contributed by atoms with van der Waals surface area (Å²) < 4.78 is 0. The van der Waals surface area contributed by atoms with Gasteiger partial charge in [0.15, 0.2) is 0 Å². The quantitative estimate of drug-likeness (QED) is 0.269. The molecule has 6 aromatic rings. The van der Waals surface area contributed by atoms with E-state index in [2.05, 4.69) is 97.1 Å². The number of hydrogen-bond donors (Lipinski definition) is 0. The van der Waals surface area contributed by atoms with Crippen LogP contribution < -0.4 is 0 Å². The number of hydrogen-bond acceptors (Lipinski definition) is 1. The first kappa shape index (κ1) is 18.9. The average Bonchev–Trinajstić information content (AvgIpc) is 3.23. The maximum absolute atomic E-state index is 9.05. The van der Waals surface area contributed by atoms with Gasteiger partial charge in [0.05, 0.1) is 11.6 Å². The molecule has 1 heteroatoms. The SMILES string of the molecule is N#Cc1ccc(-c2ccc3cc(-c4ccc5c(c4)-c4cccc6cccc-5c46)ccc3c2)cc1. The fraction of sp³-hybridized carbons (Fsp3) is 0. The van der Waals surface area contributed by atoms with Crippen LogP contribution in [0.1, 0.15) is 5.56 Å². The van der Waals surface area contributed by atoms with Crippen LogP contribution in [0, 0.1) is 11.3 Å². The standard InChI is InChI=1S/C33H19N/c34-20-21-7-9-22(10-8-21)24-11-12-26-18-27(14-13-25(26)17-24)28-15-16-29-30-5-1-3-23-4-2-6-31(33(23)30)32(29)19-28/h1-19H. The zero-order valence-electron chi connectivity index (χ0n) is 18.4. The number of nitriles is 1. The molecule has 1 aliphatic rings. The van der Waals surface area contributed by atoms with Crippen molar-refractivity contribution < 1.29 is 0 Å². The molecule has 0 N–H and O–H groups in total. The second-order valence-corrected chi connectivity index (χ2v) is 8.94. The highest BCUT2D eigenvalue weighted by atomic mass is 14.2. The maximum atomic E-state index is 9.05. The van der Waals surface area contributed by atoms with Crippen molar-refractivity contribution in [1.82, 2.24) is 0 Å². The summed E-state index contributed by atoms with van der Waals surface area (Å²) in [4.78, 5) is 0. The highest BCUT2D eigenvalue weighted by molar-refractivity contribution is 6.15. The van der Waals surface area contributed by atoms with Crippen LogP contribution in [0.4, 0.5) is 0 Å². The van der Waals surface area contributed by atoms with Gasteiger partial charge in [-0.05, 0) is 96.4 Å². The topological polar surface area (TPSA) is 23.8 Å². The summed E-state index contributed by atoms with van der Waals surface area (Å²) in [6.07, 6.45) is 0. The van der Waals surface area contributed by atoms with Crippen molar-refractivity contribution in [1.29, 1.82) is 5.26 Å². The third-order valence-electron chi connectivity index (χ3n) is 7.03. The summed E-state index contributed by atoms with van der Waals surface area (Å²) in [6, 6.07) is 43.3. The predicted octanol–water partition coefficient (Wildman–Crippen LogP) is 8.85. The molecule has 0 radical (unpaired) electrons. The molecule has 1 aliphatic carbocycles. The van der Waals surface area contributed by atoms with E-state index in [-0.39, 0.29) is 0 Å². The molecule has 0 spiro atoms. The van der Waals surface area contributed by atoms with Crippen LogP contribution in [-0.4, -0.2) is 0 Å². The van der Waals surface area contributed by atoms with E-state index >= 15 is 0 Å². The molecule has 0 atom stereocenters. The van der Waals surface area contributed by atoms with E-state index in [1.54, 1.807) is 0 Å². The van der Waals surface area contributed by atoms with E-state index < -0.39 is 0 Å². The number of rotatable bonds is 2. The normalized spacial score (nSPS) is 11.5. The van der Waals surface area contributed by atoms with Crippen molar-refractivity contribution >= 4 is 21.5 Å². The molecular formula is C33H19N. The first-order chi connectivity index (χ1) is 16.8. The van der Waals surface area contributed by atoms with E-state index in [4.69, 9.17) is 5.26 Å². The highest BCUT2D eigenvalue weighted by Gasteiger charge is 2.21.